The van der Waals surface area contributed by atoms with Crippen molar-refractivity contribution in [2.75, 3.05) is 12.4 Å². The number of carbonyl (C=O) groups is 1. The third-order valence-electron chi connectivity index (χ3n) is 3.76. The van der Waals surface area contributed by atoms with Crippen molar-refractivity contribution in [1.82, 2.24) is 4.98 Å². The van der Waals surface area contributed by atoms with Gasteiger partial charge in [0, 0.05) is 22.8 Å². The van der Waals surface area contributed by atoms with Crippen LogP contribution in [0, 0.1) is 11.3 Å². The van der Waals surface area contributed by atoms with Crippen LogP contribution in [0.5, 0.6) is 0 Å². The van der Waals surface area contributed by atoms with Gasteiger partial charge >= 0.3 is 5.97 Å². The van der Waals surface area contributed by atoms with Crippen LogP contribution in [0.25, 0.3) is 16.8 Å². The first kappa shape index (κ1) is 19.9. The van der Waals surface area contributed by atoms with Crippen LogP contribution in [0.4, 0.5) is 5.69 Å². The smallest absolute Gasteiger partial charge is 0.337 e. The van der Waals surface area contributed by atoms with Crippen LogP contribution in [-0.2, 0) is 4.74 Å². The number of nitrogens with zero attached hydrogens (tertiary/aromatic N) is 2. The van der Waals surface area contributed by atoms with Crippen LogP contribution in [0.15, 0.2) is 54.0 Å². The number of aromatic nitrogens is 1. The molecule has 28 heavy (non-hydrogen) atoms. The molecule has 0 aliphatic rings. The summed E-state index contributed by atoms with van der Waals surface area (Å²) in [7, 11) is 1.33. The maximum atomic E-state index is 11.5. The first-order valence-corrected chi connectivity index (χ1v) is 9.62. The molecule has 3 rings (SSSR count). The molecule has 1 heterocycles. The molecule has 0 saturated carbocycles. The predicted molar refractivity (Wildman–Crippen MR) is 113 cm³/mol. The Morgan fingerprint density at radius 2 is 1.96 bits per heavy atom. The SMILES string of the molecule is COC(=O)c1ccc(N/C=C(\C#N)c2nc(-c3ccc(Cl)c(Cl)c3)cs2)cc1. The zero-order valence-corrected chi connectivity index (χ0v) is 16.9. The number of benzene rings is 2. The van der Waals surface area contributed by atoms with Gasteiger partial charge in [-0.25, -0.2) is 9.78 Å². The number of allylic oxidation sites excluding steroid dienone is 1. The number of thiazole rings is 1. The Labute approximate surface area is 175 Å². The molecule has 0 fully saturated rings. The van der Waals surface area contributed by atoms with Crippen LogP contribution in [0.3, 0.4) is 0 Å². The monoisotopic (exact) mass is 429 g/mol. The van der Waals surface area contributed by atoms with Gasteiger partial charge in [0.05, 0.1) is 28.4 Å². The van der Waals surface area contributed by atoms with Gasteiger partial charge < -0.3 is 10.1 Å². The van der Waals surface area contributed by atoms with Crippen LogP contribution in [0.2, 0.25) is 10.0 Å². The van der Waals surface area contributed by atoms with Gasteiger partial charge in [-0.15, -0.1) is 11.3 Å². The Balaban J connectivity index is 1.78. The van der Waals surface area contributed by atoms with Gasteiger partial charge in [0.2, 0.25) is 0 Å². The number of methoxy groups -OCH3 is 1. The second-order valence-electron chi connectivity index (χ2n) is 5.55. The number of halogens is 2. The van der Waals surface area contributed by atoms with Crippen LogP contribution in [0.1, 0.15) is 15.4 Å². The summed E-state index contributed by atoms with van der Waals surface area (Å²) in [5, 5.41) is 15.9. The van der Waals surface area contributed by atoms with E-state index in [1.165, 1.54) is 18.4 Å². The lowest BCUT2D eigenvalue weighted by molar-refractivity contribution is 0.0601. The van der Waals surface area contributed by atoms with E-state index in [-0.39, 0.29) is 0 Å². The summed E-state index contributed by atoms with van der Waals surface area (Å²) in [6, 6.07) is 14.1. The Kier molecular flexibility index (Phi) is 6.32. The van der Waals surface area contributed by atoms with Gasteiger partial charge in [-0.1, -0.05) is 29.3 Å². The lowest BCUT2D eigenvalue weighted by Crippen LogP contribution is -2.00. The average molecular weight is 430 g/mol. The van der Waals surface area contributed by atoms with Gasteiger partial charge in [0.15, 0.2) is 0 Å². The normalized spacial score (nSPS) is 11.0. The van der Waals surface area contributed by atoms with E-state index in [4.69, 9.17) is 23.2 Å². The molecule has 140 valence electrons. The summed E-state index contributed by atoms with van der Waals surface area (Å²) in [5.41, 5.74) is 3.08. The minimum Gasteiger partial charge on any atom is -0.465 e. The minimum absolute atomic E-state index is 0.383. The van der Waals surface area contributed by atoms with E-state index < -0.39 is 5.97 Å². The summed E-state index contributed by atoms with van der Waals surface area (Å²) in [6.07, 6.45) is 1.57. The van der Waals surface area contributed by atoms with Gasteiger partial charge in [0.1, 0.15) is 16.6 Å². The Morgan fingerprint density at radius 3 is 2.61 bits per heavy atom. The molecule has 1 N–H and O–H groups in total. The molecule has 0 amide bonds. The van der Waals surface area contributed by atoms with Crippen LogP contribution < -0.4 is 5.32 Å². The predicted octanol–water partition coefficient (Wildman–Crippen LogP) is 5.88. The molecular formula is C20H13Cl2N3O2S. The fourth-order valence-electron chi connectivity index (χ4n) is 2.30. The zero-order chi connectivity index (χ0) is 20.1. The summed E-state index contributed by atoms with van der Waals surface area (Å²) in [4.78, 5) is 16.0. The van der Waals surface area contributed by atoms with Crippen LogP contribution >= 0.6 is 34.5 Å². The summed E-state index contributed by atoms with van der Waals surface area (Å²) in [6.45, 7) is 0. The van der Waals surface area contributed by atoms with E-state index in [9.17, 15) is 10.1 Å². The number of rotatable bonds is 5. The first-order chi connectivity index (χ1) is 13.5. The van der Waals surface area contributed by atoms with Crippen molar-refractivity contribution in [3.63, 3.8) is 0 Å². The van der Waals surface area contributed by atoms with Crippen molar-refractivity contribution < 1.29 is 9.53 Å². The Bertz CT molecular complexity index is 1090. The Morgan fingerprint density at radius 1 is 1.21 bits per heavy atom. The van der Waals surface area contributed by atoms with E-state index in [0.717, 1.165) is 11.3 Å². The third-order valence-corrected chi connectivity index (χ3v) is 5.37. The largest absolute Gasteiger partial charge is 0.465 e. The van der Waals surface area contributed by atoms with Crippen LogP contribution in [-0.4, -0.2) is 18.1 Å². The number of hydrogen-bond acceptors (Lipinski definition) is 6. The fraction of sp³-hybridized carbons (Fsp3) is 0.0500. The number of carbonyl (C=O) groups excluding carboxylic acids is 1. The number of anilines is 1. The third kappa shape index (κ3) is 4.52. The van der Waals surface area contributed by atoms with Crippen molar-refractivity contribution in [1.29, 1.82) is 5.26 Å². The number of hydrogen-bond donors (Lipinski definition) is 1. The lowest BCUT2D eigenvalue weighted by atomic mass is 10.2. The topological polar surface area (TPSA) is 75.0 Å². The molecule has 1 aromatic heterocycles. The summed E-state index contributed by atoms with van der Waals surface area (Å²) >= 11 is 13.4. The molecule has 3 aromatic rings. The maximum Gasteiger partial charge on any atom is 0.337 e. The van der Waals surface area contributed by atoms with Crippen molar-refractivity contribution in [3.8, 4) is 17.3 Å². The van der Waals surface area contributed by atoms with E-state index in [1.807, 2.05) is 11.4 Å². The van der Waals surface area contributed by atoms with Gasteiger partial charge in [-0.3, -0.25) is 0 Å². The molecule has 0 atom stereocenters. The van der Waals surface area contributed by atoms with E-state index in [1.54, 1.807) is 42.6 Å². The highest BCUT2D eigenvalue weighted by Gasteiger charge is 2.10. The maximum absolute atomic E-state index is 11.5. The highest BCUT2D eigenvalue weighted by Crippen LogP contribution is 2.30. The number of nitriles is 1. The molecule has 0 radical (unpaired) electrons. The number of esters is 1. The second kappa shape index (κ2) is 8.89. The van der Waals surface area contributed by atoms with Gasteiger partial charge in [-0.2, -0.15) is 5.26 Å². The molecular weight excluding hydrogens is 417 g/mol. The minimum atomic E-state index is -0.405. The molecule has 5 nitrogen and oxygen atoms in total. The van der Waals surface area contributed by atoms with E-state index in [2.05, 4.69) is 21.1 Å². The average Bonchev–Trinajstić information content (AvgIpc) is 3.20. The van der Waals surface area contributed by atoms with E-state index in [0.29, 0.717) is 31.9 Å². The zero-order valence-electron chi connectivity index (χ0n) is 14.6. The highest BCUT2D eigenvalue weighted by molar-refractivity contribution is 7.11. The first-order valence-electron chi connectivity index (χ1n) is 7.98. The highest BCUT2D eigenvalue weighted by atomic mass is 35.5. The van der Waals surface area contributed by atoms with Crippen molar-refractivity contribution in [3.05, 3.63) is 74.7 Å². The molecule has 0 aliphatic heterocycles. The van der Waals surface area contributed by atoms with Gasteiger partial charge in [0.25, 0.3) is 0 Å². The van der Waals surface area contributed by atoms with Gasteiger partial charge in [-0.05, 0) is 36.4 Å². The number of nitrogens with one attached hydrogen (secondary N) is 1. The second-order valence-corrected chi connectivity index (χ2v) is 7.22. The summed E-state index contributed by atoms with van der Waals surface area (Å²) < 4.78 is 4.67. The molecule has 0 saturated heterocycles. The molecule has 0 bridgehead atoms. The van der Waals surface area contributed by atoms with Crippen molar-refractivity contribution in [2.24, 2.45) is 0 Å². The van der Waals surface area contributed by atoms with Crippen molar-refractivity contribution >= 4 is 51.8 Å². The summed E-state index contributed by atoms with van der Waals surface area (Å²) in [5.74, 6) is -0.405. The fourth-order valence-corrected chi connectivity index (χ4v) is 3.40. The van der Waals surface area contributed by atoms with E-state index >= 15 is 0 Å². The molecule has 2 aromatic carbocycles. The molecule has 0 aliphatic carbocycles. The molecule has 0 spiro atoms. The molecule has 0 unspecified atom stereocenters. The number of ether oxygens (including phenoxy) is 1. The Hall–Kier alpha value is -2.85. The van der Waals surface area contributed by atoms with Crippen molar-refractivity contribution in [2.45, 2.75) is 0 Å². The lowest BCUT2D eigenvalue weighted by Gasteiger charge is -2.03. The standard InChI is InChI=1S/C20H13Cl2N3O2S/c1-27-20(26)12-2-5-15(6-3-12)24-10-14(9-23)19-25-18(11-28-19)13-4-7-16(21)17(22)8-13/h2-8,10-11,24H,1H3/b14-10+. The molecule has 8 heteroatoms. The quantitative estimate of drug-likeness (QED) is 0.404.